The average molecular weight is 394 g/mol. The van der Waals surface area contributed by atoms with Crippen molar-refractivity contribution < 1.29 is 14.4 Å². The summed E-state index contributed by atoms with van der Waals surface area (Å²) in [5.74, 6) is -0.730. The summed E-state index contributed by atoms with van der Waals surface area (Å²) in [6, 6.07) is 17.4. The Labute approximate surface area is 166 Å². The van der Waals surface area contributed by atoms with E-state index < -0.39 is 29.9 Å². The Kier molecular flexibility index (Phi) is 5.66. The van der Waals surface area contributed by atoms with Crippen LogP contribution in [-0.2, 0) is 15.1 Å². The minimum Gasteiger partial charge on any atom is -0.324 e. The Hall–Kier alpha value is -3.31. The largest absolute Gasteiger partial charge is 0.325 e. The van der Waals surface area contributed by atoms with Crippen LogP contribution in [0, 0.1) is 11.3 Å². The number of carbonyl (C=O) groups is 3. The summed E-state index contributed by atoms with van der Waals surface area (Å²) >= 11 is 1.29. The summed E-state index contributed by atoms with van der Waals surface area (Å²) in [6.07, 6.45) is 0. The number of benzene rings is 2. The molecule has 3 rings (SSSR count). The molecule has 1 fully saturated rings. The molecule has 2 aromatic rings. The van der Waals surface area contributed by atoms with Crippen LogP contribution in [0.5, 0.6) is 0 Å². The van der Waals surface area contributed by atoms with Gasteiger partial charge in [0.1, 0.15) is 12.1 Å². The zero-order valence-corrected chi connectivity index (χ0v) is 16.0. The first-order chi connectivity index (χ1) is 13.5. The van der Waals surface area contributed by atoms with E-state index in [-0.39, 0.29) is 5.75 Å². The van der Waals surface area contributed by atoms with E-state index in [9.17, 15) is 14.4 Å². The van der Waals surface area contributed by atoms with Crippen LogP contribution in [0.4, 0.5) is 10.5 Å². The van der Waals surface area contributed by atoms with Gasteiger partial charge in [-0.25, -0.2) is 4.79 Å². The van der Waals surface area contributed by atoms with Crippen molar-refractivity contribution in [2.75, 3.05) is 17.6 Å². The molecule has 0 aliphatic carbocycles. The van der Waals surface area contributed by atoms with E-state index in [1.807, 2.05) is 12.1 Å². The fraction of sp³-hybridized carbons (Fsp3) is 0.200. The van der Waals surface area contributed by atoms with Gasteiger partial charge in [0.2, 0.25) is 5.91 Å². The molecule has 2 aromatic carbocycles. The second kappa shape index (κ2) is 8.15. The van der Waals surface area contributed by atoms with Crippen molar-refractivity contribution >= 4 is 35.3 Å². The van der Waals surface area contributed by atoms with Crippen LogP contribution in [-0.4, -0.2) is 35.0 Å². The molecule has 2 N–H and O–H groups in total. The number of nitriles is 1. The number of hydrogen-bond acceptors (Lipinski definition) is 5. The van der Waals surface area contributed by atoms with Gasteiger partial charge in [0.25, 0.3) is 5.91 Å². The fourth-order valence-corrected chi connectivity index (χ4v) is 3.62. The summed E-state index contributed by atoms with van der Waals surface area (Å²) in [7, 11) is 0. The highest BCUT2D eigenvalue weighted by Gasteiger charge is 2.49. The van der Waals surface area contributed by atoms with Crippen LogP contribution < -0.4 is 10.6 Å². The van der Waals surface area contributed by atoms with Crippen LogP contribution >= 0.6 is 11.8 Å². The smallest absolute Gasteiger partial charge is 0.324 e. The number of nitrogens with zero attached hydrogens (tertiary/aromatic N) is 2. The van der Waals surface area contributed by atoms with Crippen molar-refractivity contribution in [3.8, 4) is 6.07 Å². The first-order valence-corrected chi connectivity index (χ1v) is 9.52. The topological polar surface area (TPSA) is 102 Å². The molecule has 0 spiro atoms. The highest BCUT2D eigenvalue weighted by atomic mass is 32.2. The standard InChI is InChI=1S/C20H18N4O3S/c1-20(14-7-3-2-4-8-14)18(26)24(19(27)23-20)13-17(25)22-15-9-5-6-10-16(15)28-12-11-21/h2-10H,12-13H2,1H3,(H,22,25)(H,23,27)/t20-/m0/s1. The number of urea groups is 1. The minimum absolute atomic E-state index is 0.245. The molecular formula is C20H18N4O3S. The normalized spacial score (nSPS) is 18.5. The third-order valence-electron chi connectivity index (χ3n) is 4.38. The number of carbonyl (C=O) groups excluding carboxylic acids is 3. The molecule has 1 saturated heterocycles. The Morgan fingerprint density at radius 1 is 1.18 bits per heavy atom. The SMILES string of the molecule is C[C@@]1(c2ccccc2)NC(=O)N(CC(=O)Nc2ccccc2SCC#N)C1=O. The van der Waals surface area contributed by atoms with Gasteiger partial charge in [0, 0.05) is 4.90 Å². The predicted molar refractivity (Wildman–Crippen MR) is 105 cm³/mol. The fourth-order valence-electron chi connectivity index (χ4n) is 2.95. The van der Waals surface area contributed by atoms with E-state index in [1.54, 1.807) is 55.5 Å². The highest BCUT2D eigenvalue weighted by molar-refractivity contribution is 7.99. The molecule has 1 aliphatic rings. The van der Waals surface area contributed by atoms with Crippen molar-refractivity contribution in [3.63, 3.8) is 0 Å². The van der Waals surface area contributed by atoms with E-state index in [1.165, 1.54) is 11.8 Å². The van der Waals surface area contributed by atoms with Crippen molar-refractivity contribution in [1.82, 2.24) is 10.2 Å². The van der Waals surface area contributed by atoms with Crippen LogP contribution in [0.2, 0.25) is 0 Å². The highest BCUT2D eigenvalue weighted by Crippen LogP contribution is 2.29. The molecule has 0 aromatic heterocycles. The van der Waals surface area contributed by atoms with Gasteiger partial charge in [-0.15, -0.1) is 11.8 Å². The number of hydrogen-bond donors (Lipinski definition) is 2. The molecule has 28 heavy (non-hydrogen) atoms. The lowest BCUT2D eigenvalue weighted by molar-refractivity contribution is -0.133. The maximum absolute atomic E-state index is 12.9. The number of rotatable bonds is 6. The second-order valence-electron chi connectivity index (χ2n) is 6.30. The molecule has 1 aliphatic heterocycles. The first kappa shape index (κ1) is 19.5. The molecule has 1 atom stereocenters. The van der Waals surface area contributed by atoms with Crippen LogP contribution in [0.1, 0.15) is 12.5 Å². The average Bonchev–Trinajstić information content (AvgIpc) is 2.92. The maximum atomic E-state index is 12.9. The van der Waals surface area contributed by atoms with E-state index >= 15 is 0 Å². The summed E-state index contributed by atoms with van der Waals surface area (Å²) in [4.78, 5) is 39.3. The molecule has 7 nitrogen and oxygen atoms in total. The van der Waals surface area contributed by atoms with Gasteiger partial charge in [0.05, 0.1) is 17.5 Å². The van der Waals surface area contributed by atoms with Crippen LogP contribution in [0.15, 0.2) is 59.5 Å². The van der Waals surface area contributed by atoms with E-state index in [2.05, 4.69) is 10.6 Å². The van der Waals surface area contributed by atoms with Gasteiger partial charge in [-0.1, -0.05) is 42.5 Å². The molecule has 0 radical (unpaired) electrons. The third-order valence-corrected chi connectivity index (χ3v) is 5.32. The van der Waals surface area contributed by atoms with E-state index in [4.69, 9.17) is 5.26 Å². The summed E-state index contributed by atoms with van der Waals surface area (Å²) < 4.78 is 0. The van der Waals surface area contributed by atoms with Gasteiger partial charge in [-0.2, -0.15) is 5.26 Å². The summed E-state index contributed by atoms with van der Waals surface area (Å²) in [5, 5.41) is 14.1. The molecule has 8 heteroatoms. The number of imide groups is 1. The molecular weight excluding hydrogens is 376 g/mol. The number of nitrogens with one attached hydrogen (secondary N) is 2. The maximum Gasteiger partial charge on any atom is 0.325 e. The van der Waals surface area contributed by atoms with Crippen molar-refractivity contribution in [3.05, 3.63) is 60.2 Å². The Morgan fingerprint density at radius 3 is 2.57 bits per heavy atom. The minimum atomic E-state index is -1.21. The Balaban J connectivity index is 1.72. The lowest BCUT2D eigenvalue weighted by atomic mass is 9.92. The molecule has 142 valence electrons. The monoisotopic (exact) mass is 394 g/mol. The lowest BCUT2D eigenvalue weighted by Crippen LogP contribution is -2.42. The Morgan fingerprint density at radius 2 is 1.86 bits per heavy atom. The molecule has 1 heterocycles. The van der Waals surface area contributed by atoms with E-state index in [0.717, 1.165) is 9.80 Å². The zero-order valence-electron chi connectivity index (χ0n) is 15.1. The number of para-hydroxylation sites is 1. The van der Waals surface area contributed by atoms with E-state index in [0.29, 0.717) is 11.3 Å². The van der Waals surface area contributed by atoms with Crippen molar-refractivity contribution in [2.45, 2.75) is 17.4 Å². The van der Waals surface area contributed by atoms with Gasteiger partial charge < -0.3 is 10.6 Å². The van der Waals surface area contributed by atoms with Gasteiger partial charge in [-0.3, -0.25) is 14.5 Å². The summed E-state index contributed by atoms with van der Waals surface area (Å²) in [6.45, 7) is 1.22. The Bertz CT molecular complexity index is 957. The number of amides is 4. The van der Waals surface area contributed by atoms with Gasteiger partial charge in [0.15, 0.2) is 0 Å². The van der Waals surface area contributed by atoms with Crippen LogP contribution in [0.3, 0.4) is 0 Å². The molecule has 0 bridgehead atoms. The van der Waals surface area contributed by atoms with Crippen molar-refractivity contribution in [1.29, 1.82) is 5.26 Å². The first-order valence-electron chi connectivity index (χ1n) is 8.54. The predicted octanol–water partition coefficient (Wildman–Crippen LogP) is 2.71. The number of thioether (sulfide) groups is 1. The van der Waals surface area contributed by atoms with Crippen molar-refractivity contribution in [2.24, 2.45) is 0 Å². The molecule has 0 unspecified atom stereocenters. The zero-order chi connectivity index (χ0) is 20.1. The molecule has 0 saturated carbocycles. The molecule has 4 amide bonds. The third kappa shape index (κ3) is 3.85. The summed E-state index contributed by atoms with van der Waals surface area (Å²) in [5.41, 5.74) is -0.0285. The van der Waals surface area contributed by atoms with Gasteiger partial charge >= 0.3 is 6.03 Å². The second-order valence-corrected chi connectivity index (χ2v) is 7.32. The quantitative estimate of drug-likeness (QED) is 0.579. The van der Waals surface area contributed by atoms with Gasteiger partial charge in [-0.05, 0) is 24.6 Å². The van der Waals surface area contributed by atoms with Crippen LogP contribution in [0.25, 0.3) is 0 Å². The number of anilines is 1. The lowest BCUT2D eigenvalue weighted by Gasteiger charge is -2.22.